The fraction of sp³-hybridized carbons (Fsp3) is 1.00. The Kier molecular flexibility index (Phi) is 25.5. The smallest absolute Gasteiger partial charge is 0.0804 e. The molecule has 0 bridgehead atoms. The highest BCUT2D eigenvalue weighted by Gasteiger charge is 2.29. The molecule has 1 aliphatic rings. The molecule has 0 aromatic carbocycles. The van der Waals surface area contributed by atoms with Crippen LogP contribution in [0.1, 0.15) is 144 Å². The molecule has 7 nitrogen and oxygen atoms in total. The molecule has 7 atom stereocenters. The van der Waals surface area contributed by atoms with Crippen LogP contribution in [0, 0.1) is 11.8 Å². The first kappa shape index (κ1) is 40.7. The zero-order valence-corrected chi connectivity index (χ0v) is 29.1. The molecule has 1 aliphatic carbocycles. The number of hydrogen-bond acceptors (Lipinski definition) is 7. The molecule has 1 fully saturated rings. The first-order chi connectivity index (χ1) is 20.8. The van der Waals surface area contributed by atoms with Gasteiger partial charge in [0.05, 0.1) is 76.3 Å². The molecule has 258 valence electrons. The third-order valence-corrected chi connectivity index (χ3v) is 8.91. The molecule has 0 amide bonds. The van der Waals surface area contributed by atoms with Gasteiger partial charge in [-0.05, 0) is 52.9 Å². The second-order valence-corrected chi connectivity index (χ2v) is 13.5. The largest absolute Gasteiger partial charge is 0.394 e. The van der Waals surface area contributed by atoms with Crippen molar-refractivity contribution in [1.29, 1.82) is 0 Å². The van der Waals surface area contributed by atoms with Gasteiger partial charge in [-0.15, -0.1) is 0 Å². The molecule has 0 radical (unpaired) electrons. The maximum Gasteiger partial charge on any atom is 0.0804 e. The normalized spacial score (nSPS) is 19.5. The molecule has 0 aromatic heterocycles. The number of ether oxygens (including phenoxy) is 5. The SMILES string of the molecule is CCCCCCCCCCCCC(C(O)COC(C)COC(C)COC(C)COC(C)COC(C)CO)C1CCCCC1. The van der Waals surface area contributed by atoms with Crippen LogP contribution in [0.3, 0.4) is 0 Å². The summed E-state index contributed by atoms with van der Waals surface area (Å²) in [7, 11) is 0. The van der Waals surface area contributed by atoms with Crippen molar-refractivity contribution in [3.05, 3.63) is 0 Å². The number of hydrogen-bond donors (Lipinski definition) is 2. The van der Waals surface area contributed by atoms with Gasteiger partial charge in [0.25, 0.3) is 0 Å². The van der Waals surface area contributed by atoms with Gasteiger partial charge in [-0.3, -0.25) is 0 Å². The minimum atomic E-state index is -0.398. The number of rotatable bonds is 29. The summed E-state index contributed by atoms with van der Waals surface area (Å²) in [5.41, 5.74) is 0. The summed E-state index contributed by atoms with van der Waals surface area (Å²) in [6.45, 7) is 14.4. The molecule has 0 aromatic rings. The second-order valence-electron chi connectivity index (χ2n) is 13.5. The Morgan fingerprint density at radius 1 is 0.535 bits per heavy atom. The van der Waals surface area contributed by atoms with E-state index in [0.29, 0.717) is 44.9 Å². The van der Waals surface area contributed by atoms with Crippen molar-refractivity contribution in [2.24, 2.45) is 11.8 Å². The summed E-state index contributed by atoms with van der Waals surface area (Å²) in [4.78, 5) is 0. The van der Waals surface area contributed by atoms with E-state index in [2.05, 4.69) is 6.92 Å². The maximum absolute atomic E-state index is 11.2. The van der Waals surface area contributed by atoms with Crippen molar-refractivity contribution in [2.45, 2.75) is 181 Å². The highest BCUT2D eigenvalue weighted by Crippen LogP contribution is 2.35. The lowest BCUT2D eigenvalue weighted by Gasteiger charge is -2.34. The van der Waals surface area contributed by atoms with Crippen molar-refractivity contribution < 1.29 is 33.9 Å². The molecule has 0 spiro atoms. The molecule has 1 saturated carbocycles. The highest BCUT2D eigenvalue weighted by molar-refractivity contribution is 4.80. The fourth-order valence-electron chi connectivity index (χ4n) is 6.00. The third kappa shape index (κ3) is 22.0. The predicted molar refractivity (Wildman–Crippen MR) is 177 cm³/mol. The van der Waals surface area contributed by atoms with Crippen molar-refractivity contribution >= 4 is 0 Å². The number of aliphatic hydroxyl groups excluding tert-OH is 2. The molecule has 1 rings (SSSR count). The van der Waals surface area contributed by atoms with E-state index in [-0.39, 0.29) is 37.1 Å². The van der Waals surface area contributed by atoms with Crippen LogP contribution in [-0.2, 0) is 23.7 Å². The monoisotopic (exact) mass is 617 g/mol. The third-order valence-electron chi connectivity index (χ3n) is 8.91. The summed E-state index contributed by atoms with van der Waals surface area (Å²) in [6.07, 6.45) is 20.2. The Hall–Kier alpha value is -0.280. The van der Waals surface area contributed by atoms with E-state index < -0.39 is 6.10 Å². The lowest BCUT2D eigenvalue weighted by atomic mass is 9.75. The molecule has 7 unspecified atom stereocenters. The summed E-state index contributed by atoms with van der Waals surface area (Å²) in [5.74, 6) is 0.992. The first-order valence-electron chi connectivity index (χ1n) is 18.1. The zero-order chi connectivity index (χ0) is 31.7. The summed E-state index contributed by atoms with van der Waals surface area (Å²) in [6, 6.07) is 0. The Bertz CT molecular complexity index is 600. The van der Waals surface area contributed by atoms with E-state index in [0.717, 1.165) is 6.42 Å². The van der Waals surface area contributed by atoms with Crippen molar-refractivity contribution in [3.63, 3.8) is 0 Å². The maximum atomic E-state index is 11.2. The Labute approximate surface area is 266 Å². The van der Waals surface area contributed by atoms with Gasteiger partial charge in [0.15, 0.2) is 0 Å². The van der Waals surface area contributed by atoms with Crippen LogP contribution in [0.15, 0.2) is 0 Å². The van der Waals surface area contributed by atoms with Crippen LogP contribution in [-0.4, -0.2) is 86.5 Å². The quantitative estimate of drug-likeness (QED) is 0.0827. The van der Waals surface area contributed by atoms with E-state index in [1.54, 1.807) is 0 Å². The van der Waals surface area contributed by atoms with E-state index in [4.69, 9.17) is 28.8 Å². The highest BCUT2D eigenvalue weighted by atomic mass is 16.6. The van der Waals surface area contributed by atoms with Crippen LogP contribution in [0.2, 0.25) is 0 Å². The van der Waals surface area contributed by atoms with Gasteiger partial charge >= 0.3 is 0 Å². The minimum Gasteiger partial charge on any atom is -0.394 e. The van der Waals surface area contributed by atoms with Gasteiger partial charge in [-0.1, -0.05) is 103 Å². The molecule has 2 N–H and O–H groups in total. The van der Waals surface area contributed by atoms with Crippen LogP contribution in [0.4, 0.5) is 0 Å². The molecule has 0 aliphatic heterocycles. The molecule has 43 heavy (non-hydrogen) atoms. The van der Waals surface area contributed by atoms with Crippen molar-refractivity contribution in [2.75, 3.05) is 39.6 Å². The number of aliphatic hydroxyl groups is 2. The van der Waals surface area contributed by atoms with E-state index in [1.165, 1.54) is 96.3 Å². The minimum absolute atomic E-state index is 0.00871. The standard InChI is InChI=1S/C36H72O7/c1-7-8-9-10-11-12-13-14-15-19-22-35(34-20-17-16-18-21-34)36(38)28-43-33(6)27-42-32(5)26-41-31(4)25-40-30(3)24-39-29(2)23-37/h29-38H,7-28H2,1-6H3. The van der Waals surface area contributed by atoms with Crippen LogP contribution in [0.5, 0.6) is 0 Å². The topological polar surface area (TPSA) is 86.6 Å². The van der Waals surface area contributed by atoms with Gasteiger partial charge < -0.3 is 33.9 Å². The second kappa shape index (κ2) is 26.9. The van der Waals surface area contributed by atoms with E-state index >= 15 is 0 Å². The van der Waals surface area contributed by atoms with E-state index in [9.17, 15) is 5.11 Å². The Morgan fingerprint density at radius 2 is 0.930 bits per heavy atom. The Morgan fingerprint density at radius 3 is 1.37 bits per heavy atom. The van der Waals surface area contributed by atoms with Gasteiger partial charge in [0, 0.05) is 0 Å². The van der Waals surface area contributed by atoms with Crippen LogP contribution < -0.4 is 0 Å². The molecule has 7 heteroatoms. The molecular weight excluding hydrogens is 544 g/mol. The zero-order valence-electron chi connectivity index (χ0n) is 29.1. The average molecular weight is 617 g/mol. The van der Waals surface area contributed by atoms with Gasteiger partial charge in [0.2, 0.25) is 0 Å². The predicted octanol–water partition coefficient (Wildman–Crippen LogP) is 7.87. The van der Waals surface area contributed by atoms with Gasteiger partial charge in [-0.2, -0.15) is 0 Å². The van der Waals surface area contributed by atoms with Gasteiger partial charge in [-0.25, -0.2) is 0 Å². The lowest BCUT2D eigenvalue weighted by Crippen LogP contribution is -2.35. The average Bonchev–Trinajstić information content (AvgIpc) is 3.02. The summed E-state index contributed by atoms with van der Waals surface area (Å²) in [5, 5.41) is 20.3. The van der Waals surface area contributed by atoms with Crippen molar-refractivity contribution in [3.8, 4) is 0 Å². The van der Waals surface area contributed by atoms with Crippen LogP contribution in [0.25, 0.3) is 0 Å². The number of unbranched alkanes of at least 4 members (excludes halogenated alkanes) is 9. The summed E-state index contributed by atoms with van der Waals surface area (Å²) < 4.78 is 29.3. The van der Waals surface area contributed by atoms with Gasteiger partial charge in [0.1, 0.15) is 0 Å². The first-order valence-corrected chi connectivity index (χ1v) is 18.1. The Balaban J connectivity index is 2.25. The lowest BCUT2D eigenvalue weighted by molar-refractivity contribution is -0.105. The summed E-state index contributed by atoms with van der Waals surface area (Å²) >= 11 is 0. The molecular formula is C36H72O7. The van der Waals surface area contributed by atoms with E-state index in [1.807, 2.05) is 34.6 Å². The molecule has 0 heterocycles. The van der Waals surface area contributed by atoms with Crippen LogP contribution >= 0.6 is 0 Å². The van der Waals surface area contributed by atoms with Crippen molar-refractivity contribution in [1.82, 2.24) is 0 Å². The molecule has 0 saturated heterocycles. The fourth-order valence-corrected chi connectivity index (χ4v) is 6.00.